The summed E-state index contributed by atoms with van der Waals surface area (Å²) in [4.78, 5) is 38.2. The zero-order chi connectivity index (χ0) is 19.3. The Morgan fingerprint density at radius 1 is 1.41 bits per heavy atom. The number of hydrogen-bond donors (Lipinski definition) is 1. The number of halogens is 2. The van der Waals surface area contributed by atoms with Crippen molar-refractivity contribution in [1.82, 2.24) is 15.2 Å². The van der Waals surface area contributed by atoms with Crippen LogP contribution < -0.4 is 5.32 Å². The van der Waals surface area contributed by atoms with Gasteiger partial charge >= 0.3 is 0 Å². The van der Waals surface area contributed by atoms with Gasteiger partial charge in [0.15, 0.2) is 5.82 Å². The Balaban J connectivity index is 1.38. The molecule has 0 unspecified atom stereocenters. The van der Waals surface area contributed by atoms with Crippen LogP contribution in [0.25, 0.3) is 0 Å². The fourth-order valence-corrected chi connectivity index (χ4v) is 4.10. The molecule has 2 aliphatic heterocycles. The highest BCUT2D eigenvalue weighted by molar-refractivity contribution is 6.31. The van der Waals surface area contributed by atoms with Crippen LogP contribution in [0.5, 0.6) is 0 Å². The quantitative estimate of drug-likeness (QED) is 0.841. The second kappa shape index (κ2) is 6.60. The van der Waals surface area contributed by atoms with Gasteiger partial charge in [0.1, 0.15) is 0 Å². The Morgan fingerprint density at radius 2 is 2.19 bits per heavy atom. The van der Waals surface area contributed by atoms with E-state index in [1.807, 2.05) is 0 Å². The molecule has 3 atom stereocenters. The van der Waals surface area contributed by atoms with Gasteiger partial charge in [0.05, 0.1) is 41.2 Å². The summed E-state index contributed by atoms with van der Waals surface area (Å²) in [7, 11) is 1.56. The molecular weight excluding hydrogens is 375 g/mol. The average Bonchev–Trinajstić information content (AvgIpc) is 2.96. The minimum absolute atomic E-state index is 0.0841. The standard InChI is InChI=1S/C18H18ClFN4O3/c1-23-13(25)7-9(22-23)8-14(26)24-6-5-11-16(17(11)24)21-18(27)10-3-2-4-12(19)15(10)20/h2-4,11,16-17H,5-8H2,1H3,(H,21,27)/t11-,16-,17-/m1/s1. The first-order chi connectivity index (χ1) is 12.9. The van der Waals surface area contributed by atoms with Crippen LogP contribution in [-0.2, 0) is 9.59 Å². The molecule has 0 aromatic heterocycles. The molecule has 1 aromatic rings. The van der Waals surface area contributed by atoms with Crippen LogP contribution in [0.2, 0.25) is 5.02 Å². The Hall–Kier alpha value is -2.48. The van der Waals surface area contributed by atoms with Crippen molar-refractivity contribution in [1.29, 1.82) is 0 Å². The SMILES string of the molecule is CN1N=C(CC(=O)N2CC[C@@H]3[C@@H](NC(=O)c4cccc(Cl)c4F)[C@@H]32)CC1=O. The van der Waals surface area contributed by atoms with Gasteiger partial charge in [-0.05, 0) is 18.6 Å². The molecule has 9 heteroatoms. The fraction of sp³-hybridized carbons (Fsp3) is 0.444. The number of nitrogens with zero attached hydrogens (tertiary/aromatic N) is 3. The molecule has 27 heavy (non-hydrogen) atoms. The van der Waals surface area contributed by atoms with Crippen molar-refractivity contribution in [2.75, 3.05) is 13.6 Å². The summed E-state index contributed by atoms with van der Waals surface area (Å²) in [5.74, 6) is -1.33. The maximum absolute atomic E-state index is 14.0. The van der Waals surface area contributed by atoms with Crippen LogP contribution >= 0.6 is 11.6 Å². The van der Waals surface area contributed by atoms with Crippen molar-refractivity contribution in [3.63, 3.8) is 0 Å². The summed E-state index contributed by atoms with van der Waals surface area (Å²) >= 11 is 5.73. The number of benzene rings is 1. The first kappa shape index (κ1) is 17.9. The molecule has 1 N–H and O–H groups in total. The van der Waals surface area contributed by atoms with Gasteiger partial charge in [-0.2, -0.15) is 5.10 Å². The molecule has 3 amide bonds. The van der Waals surface area contributed by atoms with E-state index in [-0.39, 0.29) is 53.2 Å². The second-order valence-corrected chi connectivity index (χ2v) is 7.48. The van der Waals surface area contributed by atoms with Gasteiger partial charge in [-0.15, -0.1) is 0 Å². The van der Waals surface area contributed by atoms with Gasteiger partial charge in [0, 0.05) is 19.5 Å². The predicted molar refractivity (Wildman–Crippen MR) is 95.7 cm³/mol. The molecule has 4 rings (SSSR count). The summed E-state index contributed by atoms with van der Waals surface area (Å²) in [6.07, 6.45) is 1.05. The molecule has 2 heterocycles. The van der Waals surface area contributed by atoms with E-state index in [1.54, 1.807) is 11.9 Å². The second-order valence-electron chi connectivity index (χ2n) is 7.07. The average molecular weight is 393 g/mol. The normalized spacial score (nSPS) is 26.1. The van der Waals surface area contributed by atoms with Gasteiger partial charge in [-0.25, -0.2) is 9.40 Å². The van der Waals surface area contributed by atoms with Gasteiger partial charge in [0.2, 0.25) is 11.8 Å². The Morgan fingerprint density at radius 3 is 2.89 bits per heavy atom. The smallest absolute Gasteiger partial charge is 0.254 e. The minimum atomic E-state index is -0.747. The van der Waals surface area contributed by atoms with Crippen molar-refractivity contribution >= 4 is 35.0 Å². The van der Waals surface area contributed by atoms with Crippen LogP contribution in [0.3, 0.4) is 0 Å². The summed E-state index contributed by atoms with van der Waals surface area (Å²) in [5, 5.41) is 8.02. The number of carbonyl (C=O) groups excluding carboxylic acids is 3. The molecule has 7 nitrogen and oxygen atoms in total. The first-order valence-electron chi connectivity index (χ1n) is 8.74. The van der Waals surface area contributed by atoms with Crippen molar-refractivity contribution < 1.29 is 18.8 Å². The lowest BCUT2D eigenvalue weighted by molar-refractivity contribution is -0.129. The molecule has 142 valence electrons. The van der Waals surface area contributed by atoms with Crippen LogP contribution in [0.1, 0.15) is 29.6 Å². The van der Waals surface area contributed by atoms with Crippen molar-refractivity contribution in [3.05, 3.63) is 34.6 Å². The van der Waals surface area contributed by atoms with E-state index in [2.05, 4.69) is 10.4 Å². The third kappa shape index (κ3) is 3.18. The molecule has 1 aliphatic carbocycles. The zero-order valence-electron chi connectivity index (χ0n) is 14.6. The number of nitrogens with one attached hydrogen (secondary N) is 1. The molecule has 0 bridgehead atoms. The predicted octanol–water partition coefficient (Wildman–Crippen LogP) is 1.42. The molecule has 1 saturated carbocycles. The lowest BCUT2D eigenvalue weighted by Gasteiger charge is -2.20. The Bertz CT molecular complexity index is 874. The molecule has 2 fully saturated rings. The van der Waals surface area contributed by atoms with Crippen molar-refractivity contribution in [3.8, 4) is 0 Å². The first-order valence-corrected chi connectivity index (χ1v) is 9.12. The lowest BCUT2D eigenvalue weighted by Crippen LogP contribution is -2.39. The van der Waals surface area contributed by atoms with Crippen LogP contribution in [0.15, 0.2) is 23.3 Å². The van der Waals surface area contributed by atoms with Gasteiger partial charge < -0.3 is 10.2 Å². The molecular formula is C18H18ClFN4O3. The highest BCUT2D eigenvalue weighted by atomic mass is 35.5. The van der Waals surface area contributed by atoms with E-state index >= 15 is 0 Å². The van der Waals surface area contributed by atoms with Crippen molar-refractivity contribution in [2.24, 2.45) is 11.0 Å². The summed E-state index contributed by atoms with van der Waals surface area (Å²) in [6.45, 7) is 0.614. The highest BCUT2D eigenvalue weighted by Gasteiger charge is 2.59. The number of carbonyl (C=O) groups is 3. The number of fused-ring (bicyclic) bond motifs is 1. The van der Waals surface area contributed by atoms with E-state index in [1.165, 1.54) is 23.2 Å². The number of amides is 3. The molecule has 0 spiro atoms. The third-order valence-electron chi connectivity index (χ3n) is 5.37. The molecule has 1 aromatic carbocycles. The number of piperidine rings is 1. The monoisotopic (exact) mass is 392 g/mol. The van der Waals surface area contributed by atoms with E-state index in [9.17, 15) is 18.8 Å². The zero-order valence-corrected chi connectivity index (χ0v) is 15.4. The molecule has 1 saturated heterocycles. The number of rotatable bonds is 4. The Labute approximate surface area is 160 Å². The van der Waals surface area contributed by atoms with Gasteiger partial charge in [0.25, 0.3) is 5.91 Å². The summed E-state index contributed by atoms with van der Waals surface area (Å²) < 4.78 is 14.0. The maximum Gasteiger partial charge on any atom is 0.254 e. The van der Waals surface area contributed by atoms with E-state index in [4.69, 9.17) is 11.6 Å². The highest BCUT2D eigenvalue weighted by Crippen LogP contribution is 2.45. The number of likely N-dealkylation sites (tertiary alicyclic amines) is 1. The van der Waals surface area contributed by atoms with E-state index in [0.717, 1.165) is 6.42 Å². The third-order valence-corrected chi connectivity index (χ3v) is 5.66. The van der Waals surface area contributed by atoms with Crippen LogP contribution in [0, 0.1) is 11.7 Å². The summed E-state index contributed by atoms with van der Waals surface area (Å²) in [6, 6.07) is 4.00. The largest absolute Gasteiger partial charge is 0.347 e. The van der Waals surface area contributed by atoms with Gasteiger partial charge in [-0.1, -0.05) is 17.7 Å². The number of hydrazone groups is 1. The van der Waals surface area contributed by atoms with E-state index in [0.29, 0.717) is 12.3 Å². The van der Waals surface area contributed by atoms with Crippen LogP contribution in [0.4, 0.5) is 4.39 Å². The van der Waals surface area contributed by atoms with Crippen molar-refractivity contribution in [2.45, 2.75) is 31.3 Å². The topological polar surface area (TPSA) is 82.1 Å². The van der Waals surface area contributed by atoms with E-state index < -0.39 is 11.7 Å². The number of hydrogen-bond acceptors (Lipinski definition) is 4. The fourth-order valence-electron chi connectivity index (χ4n) is 3.93. The molecule has 0 radical (unpaired) electrons. The maximum atomic E-state index is 14.0. The summed E-state index contributed by atoms with van der Waals surface area (Å²) in [5.41, 5.74) is 0.449. The van der Waals surface area contributed by atoms with Gasteiger partial charge in [-0.3, -0.25) is 14.4 Å². The minimum Gasteiger partial charge on any atom is -0.347 e. The van der Waals surface area contributed by atoms with Crippen LogP contribution in [-0.4, -0.2) is 59.0 Å². The molecule has 3 aliphatic rings. The lowest BCUT2D eigenvalue weighted by atomic mass is 10.2. The Kier molecular flexibility index (Phi) is 4.38.